The van der Waals surface area contributed by atoms with Crippen molar-refractivity contribution in [3.05, 3.63) is 58.3 Å². The van der Waals surface area contributed by atoms with Crippen LogP contribution in [0.15, 0.2) is 53.4 Å². The highest BCUT2D eigenvalue weighted by Gasteiger charge is 2.31. The number of benzene rings is 2. The summed E-state index contributed by atoms with van der Waals surface area (Å²) in [4.78, 5) is 16.4. The molecule has 0 bridgehead atoms. The van der Waals surface area contributed by atoms with Crippen LogP contribution in [0, 0.1) is 0 Å². The number of fused-ring (bicyclic) bond motifs is 4. The van der Waals surface area contributed by atoms with Crippen LogP contribution in [0.4, 0.5) is 11.4 Å². The number of aromatic carboxylic acids is 1. The van der Waals surface area contributed by atoms with E-state index < -0.39 is 5.97 Å². The fourth-order valence-corrected chi connectivity index (χ4v) is 6.39. The topological polar surface area (TPSA) is 53.0 Å². The van der Waals surface area contributed by atoms with Gasteiger partial charge in [0, 0.05) is 40.4 Å². The molecule has 3 aromatic rings. The maximum atomic E-state index is 11.5. The summed E-state index contributed by atoms with van der Waals surface area (Å²) in [6.45, 7) is 3.56. The Morgan fingerprint density at radius 2 is 2.00 bits per heavy atom. The molecular weight excluding hydrogens is 440 g/mol. The zero-order valence-electron chi connectivity index (χ0n) is 18.2. The Bertz CT molecular complexity index is 1150. The van der Waals surface area contributed by atoms with Crippen molar-refractivity contribution in [2.45, 2.75) is 43.7 Å². The summed E-state index contributed by atoms with van der Waals surface area (Å²) in [6, 6.07) is 17.1. The van der Waals surface area contributed by atoms with E-state index in [1.807, 2.05) is 6.07 Å². The highest BCUT2D eigenvalue weighted by molar-refractivity contribution is 7.97. The molecule has 0 aliphatic carbocycles. The number of likely N-dealkylation sites (N-methyl/N-ethyl adjacent to an activating group) is 1. The molecule has 0 saturated carbocycles. The van der Waals surface area contributed by atoms with Gasteiger partial charge in [0.25, 0.3) is 0 Å². The predicted molar refractivity (Wildman–Crippen MR) is 131 cm³/mol. The number of hydrogen-bond donors (Lipinski definition) is 1. The number of nitrogens with zero attached hydrogens (tertiary/aromatic N) is 2. The normalized spacial score (nSPS) is 17.7. The number of carboxylic acids is 1. The zero-order valence-corrected chi connectivity index (χ0v) is 19.8. The molecule has 1 atom stereocenters. The maximum Gasteiger partial charge on any atom is 0.345 e. The molecular formula is C25H26N2O3S2. The van der Waals surface area contributed by atoms with Gasteiger partial charge in [-0.05, 0) is 49.7 Å². The second-order valence-corrected chi connectivity index (χ2v) is 10.6. The molecule has 0 amide bonds. The summed E-state index contributed by atoms with van der Waals surface area (Å²) in [5.74, 6) is -0.0639. The van der Waals surface area contributed by atoms with E-state index in [-0.39, 0.29) is 0 Å². The summed E-state index contributed by atoms with van der Waals surface area (Å²) >= 11 is 3.08. The van der Waals surface area contributed by atoms with E-state index >= 15 is 0 Å². The van der Waals surface area contributed by atoms with Crippen LogP contribution in [-0.2, 0) is 6.61 Å². The second-order valence-electron chi connectivity index (χ2n) is 8.24. The third-order valence-corrected chi connectivity index (χ3v) is 8.34. The number of carboxylic acid groups (broad SMARTS) is 1. The zero-order chi connectivity index (χ0) is 22.2. The number of thiophene rings is 1. The van der Waals surface area contributed by atoms with Gasteiger partial charge in [-0.2, -0.15) is 0 Å². The molecule has 0 saturated heterocycles. The van der Waals surface area contributed by atoms with E-state index in [0.29, 0.717) is 17.5 Å². The lowest BCUT2D eigenvalue weighted by atomic mass is 10.0. The predicted octanol–water partition coefficient (Wildman–Crippen LogP) is 6.66. The van der Waals surface area contributed by atoms with Crippen LogP contribution in [0.1, 0.15) is 40.7 Å². The van der Waals surface area contributed by atoms with Crippen LogP contribution in [0.5, 0.6) is 5.75 Å². The highest BCUT2D eigenvalue weighted by atomic mass is 32.2. The Morgan fingerprint density at radius 3 is 2.75 bits per heavy atom. The van der Waals surface area contributed by atoms with Gasteiger partial charge in [0.05, 0.1) is 10.6 Å². The Hall–Kier alpha value is -2.48. The van der Waals surface area contributed by atoms with Gasteiger partial charge in [-0.1, -0.05) is 38.0 Å². The molecule has 2 aliphatic rings. The SMILES string of the molecule is CCCC[C@@H]1CN(c2ccccc2)c2cc3c(cc2SN1C)-c1cc(C(=O)O)sc1CO3. The van der Waals surface area contributed by atoms with E-state index in [2.05, 4.69) is 59.6 Å². The van der Waals surface area contributed by atoms with Gasteiger partial charge < -0.3 is 14.7 Å². The molecule has 0 radical (unpaired) electrons. The molecule has 2 aliphatic heterocycles. The molecule has 0 spiro atoms. The minimum absolute atomic E-state index is 0.358. The molecule has 0 unspecified atom stereocenters. The van der Waals surface area contributed by atoms with Gasteiger partial charge in [-0.3, -0.25) is 0 Å². The fraction of sp³-hybridized carbons (Fsp3) is 0.320. The molecule has 166 valence electrons. The first kappa shape index (κ1) is 21.4. The van der Waals surface area contributed by atoms with Crippen LogP contribution >= 0.6 is 23.3 Å². The molecule has 1 N–H and O–H groups in total. The average Bonchev–Trinajstić information content (AvgIpc) is 3.19. The van der Waals surface area contributed by atoms with Crippen LogP contribution in [0.25, 0.3) is 11.1 Å². The number of unbranched alkanes of at least 4 members (excludes halogenated alkanes) is 1. The largest absolute Gasteiger partial charge is 0.487 e. The van der Waals surface area contributed by atoms with Crippen molar-refractivity contribution in [1.29, 1.82) is 0 Å². The summed E-state index contributed by atoms with van der Waals surface area (Å²) in [5.41, 5.74) is 4.28. The van der Waals surface area contributed by atoms with Gasteiger partial charge in [-0.15, -0.1) is 11.3 Å². The molecule has 0 fully saturated rings. The smallest absolute Gasteiger partial charge is 0.345 e. The number of hydrogen-bond acceptors (Lipinski definition) is 6. The Morgan fingerprint density at radius 1 is 1.19 bits per heavy atom. The quantitative estimate of drug-likeness (QED) is 0.425. The number of rotatable bonds is 5. The molecule has 3 heterocycles. The molecule has 32 heavy (non-hydrogen) atoms. The van der Waals surface area contributed by atoms with Crippen molar-refractivity contribution in [2.24, 2.45) is 0 Å². The first-order chi connectivity index (χ1) is 15.5. The van der Waals surface area contributed by atoms with Crippen LogP contribution < -0.4 is 9.64 Å². The van der Waals surface area contributed by atoms with E-state index in [1.165, 1.54) is 29.9 Å². The first-order valence-electron chi connectivity index (χ1n) is 11.0. The van der Waals surface area contributed by atoms with E-state index in [9.17, 15) is 9.90 Å². The molecule has 2 aromatic carbocycles. The summed E-state index contributed by atoms with van der Waals surface area (Å²) in [5, 5.41) is 9.46. The molecule has 7 heteroatoms. The van der Waals surface area contributed by atoms with Crippen LogP contribution in [-0.4, -0.2) is 35.0 Å². The Labute approximate surface area is 196 Å². The minimum Gasteiger partial charge on any atom is -0.487 e. The van der Waals surface area contributed by atoms with Crippen molar-refractivity contribution in [2.75, 3.05) is 18.5 Å². The maximum absolute atomic E-state index is 11.5. The van der Waals surface area contributed by atoms with E-state index in [0.717, 1.165) is 45.3 Å². The monoisotopic (exact) mass is 466 g/mol. The number of carbonyl (C=O) groups is 1. The van der Waals surface area contributed by atoms with Crippen molar-refractivity contribution >= 4 is 40.6 Å². The van der Waals surface area contributed by atoms with Crippen molar-refractivity contribution < 1.29 is 14.6 Å². The summed E-state index contributed by atoms with van der Waals surface area (Å²) in [6.07, 6.45) is 3.52. The lowest BCUT2D eigenvalue weighted by Crippen LogP contribution is -2.35. The van der Waals surface area contributed by atoms with Gasteiger partial charge in [0.15, 0.2) is 0 Å². The van der Waals surface area contributed by atoms with Crippen molar-refractivity contribution in [3.63, 3.8) is 0 Å². The van der Waals surface area contributed by atoms with Gasteiger partial charge in [0.1, 0.15) is 17.2 Å². The van der Waals surface area contributed by atoms with Gasteiger partial charge in [-0.25, -0.2) is 9.10 Å². The van der Waals surface area contributed by atoms with Crippen molar-refractivity contribution in [1.82, 2.24) is 4.31 Å². The van der Waals surface area contributed by atoms with Gasteiger partial charge in [0.2, 0.25) is 0 Å². The Kier molecular flexibility index (Phi) is 5.88. The molecule has 5 nitrogen and oxygen atoms in total. The number of anilines is 2. The highest BCUT2D eigenvalue weighted by Crippen LogP contribution is 2.49. The Balaban J connectivity index is 1.62. The van der Waals surface area contributed by atoms with Gasteiger partial charge >= 0.3 is 5.97 Å². The lowest BCUT2D eigenvalue weighted by molar-refractivity contribution is 0.0702. The number of para-hydroxylation sites is 1. The summed E-state index contributed by atoms with van der Waals surface area (Å²) in [7, 11) is 2.18. The summed E-state index contributed by atoms with van der Waals surface area (Å²) < 4.78 is 8.50. The third-order valence-electron chi connectivity index (χ3n) is 6.13. The fourth-order valence-electron chi connectivity index (χ4n) is 4.39. The van der Waals surface area contributed by atoms with E-state index in [4.69, 9.17) is 4.74 Å². The average molecular weight is 467 g/mol. The molecule has 1 aromatic heterocycles. The standard InChI is InChI=1S/C25H26N2O3S2/c1-3-4-8-17-14-27(16-9-6-5-7-10-16)20-13-21-18(11-22(20)32-26(17)2)19-12-23(25(28)29)31-24(19)15-30-21/h5-7,9-13,17H,3-4,8,14-15H2,1-2H3,(H,28,29)/t17-/m1/s1. The third kappa shape index (κ3) is 3.89. The van der Waals surface area contributed by atoms with Crippen molar-refractivity contribution in [3.8, 4) is 16.9 Å². The minimum atomic E-state index is -0.885. The lowest BCUT2D eigenvalue weighted by Gasteiger charge is -2.30. The van der Waals surface area contributed by atoms with Crippen LogP contribution in [0.3, 0.4) is 0 Å². The second kappa shape index (κ2) is 8.81. The number of ether oxygens (including phenoxy) is 1. The van der Waals surface area contributed by atoms with E-state index in [1.54, 1.807) is 18.0 Å². The first-order valence-corrected chi connectivity index (χ1v) is 12.5. The van der Waals surface area contributed by atoms with Crippen LogP contribution in [0.2, 0.25) is 0 Å². The molecule has 5 rings (SSSR count).